The number of benzene rings is 2. The SMILES string of the molecule is C=CC(=O)Oc1ccc(-c2ccc(C=Cc3ccc(OC(=O)C(=C)C)cc3C)o2)cc1. The lowest BCUT2D eigenvalue weighted by atomic mass is 10.1. The Hall–Kier alpha value is -4.12. The standard InChI is InChI=1S/C26H22O5/c1-5-25(27)30-22-11-8-20(9-12-22)24-15-14-21(29-24)10-6-19-7-13-23(16-18(19)4)31-26(28)17(2)3/h5-16H,1-2H2,3-4H3. The van der Waals surface area contributed by atoms with Crippen LogP contribution < -0.4 is 9.47 Å². The Morgan fingerprint density at radius 1 is 0.935 bits per heavy atom. The van der Waals surface area contributed by atoms with Gasteiger partial charge in [0.05, 0.1) is 0 Å². The second-order valence-corrected chi connectivity index (χ2v) is 6.87. The summed E-state index contributed by atoms with van der Waals surface area (Å²) in [5.74, 6) is 1.35. The third-order valence-electron chi connectivity index (χ3n) is 4.38. The van der Waals surface area contributed by atoms with Gasteiger partial charge in [-0.3, -0.25) is 0 Å². The molecular formula is C26H22O5. The Balaban J connectivity index is 1.69. The van der Waals surface area contributed by atoms with E-state index in [2.05, 4.69) is 13.2 Å². The molecule has 0 aliphatic rings. The molecule has 31 heavy (non-hydrogen) atoms. The lowest BCUT2D eigenvalue weighted by Crippen LogP contribution is -2.08. The van der Waals surface area contributed by atoms with Crippen LogP contribution in [0.5, 0.6) is 11.5 Å². The van der Waals surface area contributed by atoms with E-state index in [1.807, 2.05) is 49.4 Å². The monoisotopic (exact) mass is 414 g/mol. The van der Waals surface area contributed by atoms with E-state index >= 15 is 0 Å². The molecule has 0 N–H and O–H groups in total. The Labute approximate surface area is 180 Å². The predicted octanol–water partition coefficient (Wildman–Crippen LogP) is 6.00. The van der Waals surface area contributed by atoms with Crippen molar-refractivity contribution in [1.29, 1.82) is 0 Å². The highest BCUT2D eigenvalue weighted by molar-refractivity contribution is 5.88. The molecule has 0 aliphatic heterocycles. The number of carbonyl (C=O) groups is 2. The molecule has 0 unspecified atom stereocenters. The topological polar surface area (TPSA) is 65.7 Å². The molecule has 0 bridgehead atoms. The maximum atomic E-state index is 11.6. The first-order valence-corrected chi connectivity index (χ1v) is 9.56. The number of hydrogen-bond acceptors (Lipinski definition) is 5. The summed E-state index contributed by atoms with van der Waals surface area (Å²) < 4.78 is 16.2. The van der Waals surface area contributed by atoms with Crippen LogP contribution in [-0.2, 0) is 9.59 Å². The van der Waals surface area contributed by atoms with Crippen LogP contribution in [-0.4, -0.2) is 11.9 Å². The zero-order chi connectivity index (χ0) is 22.4. The Bertz CT molecular complexity index is 1160. The summed E-state index contributed by atoms with van der Waals surface area (Å²) in [5, 5.41) is 0. The maximum absolute atomic E-state index is 11.6. The number of ether oxygens (including phenoxy) is 2. The van der Waals surface area contributed by atoms with Crippen molar-refractivity contribution in [3.63, 3.8) is 0 Å². The smallest absolute Gasteiger partial charge is 0.338 e. The highest BCUT2D eigenvalue weighted by atomic mass is 16.5. The van der Waals surface area contributed by atoms with Gasteiger partial charge in [-0.05, 0) is 79.6 Å². The molecule has 3 rings (SSSR count). The summed E-state index contributed by atoms with van der Waals surface area (Å²) in [6.07, 6.45) is 4.91. The number of rotatable bonds is 7. The van der Waals surface area contributed by atoms with Crippen molar-refractivity contribution in [3.8, 4) is 22.8 Å². The Morgan fingerprint density at radius 2 is 1.65 bits per heavy atom. The predicted molar refractivity (Wildman–Crippen MR) is 121 cm³/mol. The van der Waals surface area contributed by atoms with Gasteiger partial charge in [-0.25, -0.2) is 9.59 Å². The molecule has 0 radical (unpaired) electrons. The van der Waals surface area contributed by atoms with Crippen molar-refractivity contribution in [3.05, 3.63) is 96.3 Å². The second-order valence-electron chi connectivity index (χ2n) is 6.87. The molecule has 0 fully saturated rings. The first-order chi connectivity index (χ1) is 14.9. The third kappa shape index (κ3) is 5.70. The average molecular weight is 414 g/mol. The molecule has 0 aliphatic carbocycles. The summed E-state index contributed by atoms with van der Waals surface area (Å²) in [6, 6.07) is 16.2. The van der Waals surface area contributed by atoms with E-state index in [0.717, 1.165) is 22.8 Å². The van der Waals surface area contributed by atoms with Gasteiger partial charge in [-0.1, -0.05) is 25.3 Å². The first-order valence-electron chi connectivity index (χ1n) is 9.56. The van der Waals surface area contributed by atoms with Gasteiger partial charge in [0.15, 0.2) is 0 Å². The number of furan rings is 1. The van der Waals surface area contributed by atoms with Crippen LogP contribution in [0.4, 0.5) is 0 Å². The van der Waals surface area contributed by atoms with E-state index in [-0.39, 0.29) is 0 Å². The molecule has 0 saturated carbocycles. The van der Waals surface area contributed by atoms with E-state index in [4.69, 9.17) is 13.9 Å². The van der Waals surface area contributed by atoms with Gasteiger partial charge in [0, 0.05) is 17.2 Å². The van der Waals surface area contributed by atoms with Gasteiger partial charge in [-0.2, -0.15) is 0 Å². The zero-order valence-electron chi connectivity index (χ0n) is 17.4. The lowest BCUT2D eigenvalue weighted by Gasteiger charge is -2.06. The van der Waals surface area contributed by atoms with Gasteiger partial charge >= 0.3 is 11.9 Å². The molecule has 0 saturated heterocycles. The minimum absolute atomic E-state index is 0.350. The van der Waals surface area contributed by atoms with Gasteiger partial charge in [-0.15, -0.1) is 0 Å². The zero-order valence-corrected chi connectivity index (χ0v) is 17.4. The van der Waals surface area contributed by atoms with E-state index < -0.39 is 11.9 Å². The number of carbonyl (C=O) groups excluding carboxylic acids is 2. The molecule has 156 valence electrons. The molecular weight excluding hydrogens is 392 g/mol. The van der Waals surface area contributed by atoms with Crippen molar-refractivity contribution in [2.75, 3.05) is 0 Å². The van der Waals surface area contributed by atoms with Crippen LogP contribution in [0.3, 0.4) is 0 Å². The van der Waals surface area contributed by atoms with Crippen molar-refractivity contribution in [1.82, 2.24) is 0 Å². The summed E-state index contributed by atoms with van der Waals surface area (Å²) in [5.41, 5.74) is 3.14. The number of aryl methyl sites for hydroxylation is 1. The molecule has 5 nitrogen and oxygen atoms in total. The van der Waals surface area contributed by atoms with E-state index in [9.17, 15) is 9.59 Å². The molecule has 1 heterocycles. The number of hydrogen-bond donors (Lipinski definition) is 0. The molecule has 5 heteroatoms. The van der Waals surface area contributed by atoms with Crippen LogP contribution in [0.1, 0.15) is 23.8 Å². The van der Waals surface area contributed by atoms with E-state index in [0.29, 0.717) is 28.6 Å². The summed E-state index contributed by atoms with van der Waals surface area (Å²) in [6.45, 7) is 10.5. The summed E-state index contributed by atoms with van der Waals surface area (Å²) in [7, 11) is 0. The van der Waals surface area contributed by atoms with Crippen LogP contribution in [0.25, 0.3) is 23.5 Å². The average Bonchev–Trinajstić information content (AvgIpc) is 3.22. The fourth-order valence-electron chi connectivity index (χ4n) is 2.71. The maximum Gasteiger partial charge on any atom is 0.338 e. The first kappa shape index (κ1) is 21.6. The van der Waals surface area contributed by atoms with Gasteiger partial charge in [0.2, 0.25) is 0 Å². The van der Waals surface area contributed by atoms with Crippen LogP contribution in [0, 0.1) is 6.92 Å². The molecule has 2 aromatic carbocycles. The second kappa shape index (κ2) is 9.59. The highest BCUT2D eigenvalue weighted by Crippen LogP contribution is 2.26. The van der Waals surface area contributed by atoms with E-state index in [1.54, 1.807) is 31.2 Å². The molecule has 0 amide bonds. The van der Waals surface area contributed by atoms with Crippen molar-refractivity contribution in [2.24, 2.45) is 0 Å². The van der Waals surface area contributed by atoms with E-state index in [1.165, 1.54) is 0 Å². The molecule has 3 aromatic rings. The fourth-order valence-corrected chi connectivity index (χ4v) is 2.71. The largest absolute Gasteiger partial charge is 0.457 e. The third-order valence-corrected chi connectivity index (χ3v) is 4.38. The Morgan fingerprint density at radius 3 is 2.29 bits per heavy atom. The van der Waals surface area contributed by atoms with Gasteiger partial charge in [0.25, 0.3) is 0 Å². The van der Waals surface area contributed by atoms with Crippen molar-refractivity contribution >= 4 is 24.1 Å². The molecule has 1 aromatic heterocycles. The quantitative estimate of drug-likeness (QED) is 0.270. The van der Waals surface area contributed by atoms with Crippen molar-refractivity contribution < 1.29 is 23.5 Å². The highest BCUT2D eigenvalue weighted by Gasteiger charge is 2.07. The molecule has 0 atom stereocenters. The minimum atomic E-state index is -0.504. The summed E-state index contributed by atoms with van der Waals surface area (Å²) >= 11 is 0. The van der Waals surface area contributed by atoms with Crippen LogP contribution in [0.2, 0.25) is 0 Å². The van der Waals surface area contributed by atoms with Crippen molar-refractivity contribution in [2.45, 2.75) is 13.8 Å². The van der Waals surface area contributed by atoms with Gasteiger partial charge in [0.1, 0.15) is 23.0 Å². The van der Waals surface area contributed by atoms with Gasteiger partial charge < -0.3 is 13.9 Å². The van der Waals surface area contributed by atoms with Crippen LogP contribution in [0.15, 0.2) is 83.8 Å². The normalized spacial score (nSPS) is 10.6. The lowest BCUT2D eigenvalue weighted by molar-refractivity contribution is -0.130. The minimum Gasteiger partial charge on any atom is -0.457 e. The fraction of sp³-hybridized carbons (Fsp3) is 0.0769. The van der Waals surface area contributed by atoms with Crippen LogP contribution >= 0.6 is 0 Å². The summed E-state index contributed by atoms with van der Waals surface area (Å²) in [4.78, 5) is 22.9. The molecule has 0 spiro atoms. The number of esters is 2. The Kier molecular flexibility index (Phi) is 6.67.